The summed E-state index contributed by atoms with van der Waals surface area (Å²) in [5.41, 5.74) is 3.28. The minimum atomic E-state index is -3.67. The molecule has 0 aliphatic rings. The molecule has 0 saturated carbocycles. The Hall–Kier alpha value is -3.56. The number of nitrogens with zero attached hydrogens (tertiary/aromatic N) is 2. The van der Waals surface area contributed by atoms with Crippen LogP contribution in [0.1, 0.15) is 49.8 Å². The van der Waals surface area contributed by atoms with E-state index in [1.807, 2.05) is 75.4 Å². The lowest BCUT2D eigenvalue weighted by Gasteiger charge is -2.33. The van der Waals surface area contributed by atoms with Crippen LogP contribution in [0, 0.1) is 6.92 Å². The summed E-state index contributed by atoms with van der Waals surface area (Å²) in [4.78, 5) is 29.3. The molecule has 0 bridgehead atoms. The summed E-state index contributed by atoms with van der Waals surface area (Å²) < 4.78 is 31.9. The van der Waals surface area contributed by atoms with E-state index in [0.717, 1.165) is 29.4 Å². The molecule has 2 amide bonds. The number of carbonyl (C=O) groups is 2. The number of anilines is 1. The van der Waals surface area contributed by atoms with Crippen LogP contribution in [0.25, 0.3) is 0 Å². The molecule has 0 fully saturated rings. The fourth-order valence-corrected chi connectivity index (χ4v) is 5.99. The fourth-order valence-electron chi connectivity index (χ4n) is 4.78. The topological polar surface area (TPSA) is 96.0 Å². The van der Waals surface area contributed by atoms with Crippen LogP contribution in [0.2, 0.25) is 5.02 Å². The van der Waals surface area contributed by atoms with Crippen LogP contribution in [0.15, 0.2) is 72.8 Å². The van der Waals surface area contributed by atoms with E-state index < -0.39 is 16.1 Å². The molecular weight excluding hydrogens is 586 g/mol. The number of nitrogens with one attached hydrogen (secondary N) is 1. The first-order valence-corrected chi connectivity index (χ1v) is 16.7. The lowest BCUT2D eigenvalue weighted by atomic mass is 10.0. The molecule has 3 rings (SSSR count). The third kappa shape index (κ3) is 9.73. The van der Waals surface area contributed by atoms with Gasteiger partial charge in [0.2, 0.25) is 21.8 Å². The van der Waals surface area contributed by atoms with Crippen molar-refractivity contribution in [1.29, 1.82) is 0 Å². The molecule has 43 heavy (non-hydrogen) atoms. The molecule has 3 aromatic carbocycles. The van der Waals surface area contributed by atoms with Gasteiger partial charge in [-0.25, -0.2) is 8.42 Å². The van der Waals surface area contributed by atoms with Crippen LogP contribution in [0.3, 0.4) is 0 Å². The Balaban J connectivity index is 1.90. The molecule has 0 spiro atoms. The van der Waals surface area contributed by atoms with Crippen LogP contribution in [-0.4, -0.2) is 57.1 Å². The minimum absolute atomic E-state index is 0.0453. The smallest absolute Gasteiger partial charge is 0.243 e. The van der Waals surface area contributed by atoms with Gasteiger partial charge in [-0.15, -0.1) is 0 Å². The predicted molar refractivity (Wildman–Crippen MR) is 173 cm³/mol. The zero-order valence-electron chi connectivity index (χ0n) is 25.5. The summed E-state index contributed by atoms with van der Waals surface area (Å²) in [6.45, 7) is 6.23. The van der Waals surface area contributed by atoms with E-state index >= 15 is 0 Å². The summed E-state index contributed by atoms with van der Waals surface area (Å²) in [5.74, 6) is -0.0171. The molecule has 0 saturated heterocycles. The normalized spacial score (nSPS) is 12.7. The van der Waals surface area contributed by atoms with Gasteiger partial charge in [0.1, 0.15) is 11.8 Å². The van der Waals surface area contributed by atoms with Gasteiger partial charge in [0.25, 0.3) is 0 Å². The Morgan fingerprint density at radius 2 is 1.70 bits per heavy atom. The van der Waals surface area contributed by atoms with E-state index in [1.54, 1.807) is 17.0 Å². The Labute approximate surface area is 261 Å². The highest BCUT2D eigenvalue weighted by Crippen LogP contribution is 2.30. The molecule has 0 radical (unpaired) electrons. The average molecular weight is 628 g/mol. The monoisotopic (exact) mass is 627 g/mol. The molecule has 1 N–H and O–H groups in total. The Bertz CT molecular complexity index is 1480. The Morgan fingerprint density at radius 3 is 2.30 bits per heavy atom. The van der Waals surface area contributed by atoms with Gasteiger partial charge in [-0.3, -0.25) is 13.9 Å². The highest BCUT2D eigenvalue weighted by atomic mass is 35.5. The van der Waals surface area contributed by atoms with Gasteiger partial charge in [0.05, 0.1) is 24.1 Å². The van der Waals surface area contributed by atoms with E-state index in [2.05, 4.69) is 5.32 Å². The maximum absolute atomic E-state index is 14.0. The molecule has 10 heteroatoms. The second-order valence-corrected chi connectivity index (χ2v) is 13.0. The molecular formula is C33H42ClN3O5S. The van der Waals surface area contributed by atoms with Gasteiger partial charge in [0.15, 0.2) is 0 Å². The number of hydrogen-bond acceptors (Lipinski definition) is 5. The van der Waals surface area contributed by atoms with Crippen LogP contribution in [0.4, 0.5) is 5.69 Å². The van der Waals surface area contributed by atoms with Gasteiger partial charge in [-0.1, -0.05) is 73.1 Å². The van der Waals surface area contributed by atoms with E-state index in [1.165, 1.54) is 17.5 Å². The summed E-state index contributed by atoms with van der Waals surface area (Å²) in [6, 6.07) is 21.4. The average Bonchev–Trinajstić information content (AvgIpc) is 2.97. The van der Waals surface area contributed by atoms with Crippen LogP contribution in [-0.2, 0) is 32.6 Å². The van der Waals surface area contributed by atoms with Crippen molar-refractivity contribution in [2.24, 2.45) is 0 Å². The molecule has 0 aliphatic carbocycles. The van der Waals surface area contributed by atoms with Gasteiger partial charge >= 0.3 is 0 Å². The summed E-state index contributed by atoms with van der Waals surface area (Å²) in [6.07, 6.45) is 2.51. The highest BCUT2D eigenvalue weighted by molar-refractivity contribution is 7.92. The summed E-state index contributed by atoms with van der Waals surface area (Å²) in [7, 11) is -2.18. The number of ether oxygens (including phenoxy) is 1. The minimum Gasteiger partial charge on any atom is -0.495 e. The number of benzene rings is 3. The van der Waals surface area contributed by atoms with Crippen molar-refractivity contribution in [3.05, 3.63) is 94.5 Å². The van der Waals surface area contributed by atoms with Crippen LogP contribution >= 0.6 is 11.6 Å². The number of amides is 2. The zero-order valence-corrected chi connectivity index (χ0v) is 27.1. The third-order valence-corrected chi connectivity index (χ3v) is 8.94. The molecule has 0 aliphatic heterocycles. The quantitative estimate of drug-likeness (QED) is 0.231. The zero-order chi connectivity index (χ0) is 31.6. The van der Waals surface area contributed by atoms with Crippen molar-refractivity contribution in [1.82, 2.24) is 10.2 Å². The molecule has 232 valence electrons. The standard InChI is InChI=1S/C33H42ClN3O5S/c1-6-25(3)35-33(39)30(21-26-14-8-7-9-15-26)36(23-27-16-11-10-13-24(27)2)32(38)17-12-20-37(43(5,40)41)28-18-19-31(42-4)29(34)22-28/h7-11,13-16,18-19,22,25,30H,6,12,17,20-21,23H2,1-5H3,(H,35,39). The number of aryl methyl sites for hydroxylation is 1. The lowest BCUT2D eigenvalue weighted by molar-refractivity contribution is -0.141. The molecule has 2 unspecified atom stereocenters. The number of sulfonamides is 1. The first-order valence-electron chi connectivity index (χ1n) is 14.4. The van der Waals surface area contributed by atoms with Crippen LogP contribution < -0.4 is 14.4 Å². The third-order valence-electron chi connectivity index (χ3n) is 7.45. The number of hydrogen-bond donors (Lipinski definition) is 1. The molecule has 0 aromatic heterocycles. The number of rotatable bonds is 15. The van der Waals surface area contributed by atoms with Crippen molar-refractivity contribution in [2.45, 2.75) is 65.1 Å². The SMILES string of the molecule is CCC(C)NC(=O)C(Cc1ccccc1)N(Cc1ccccc1C)C(=O)CCCN(c1ccc(OC)c(Cl)c1)S(C)(=O)=O. The first kappa shape index (κ1) is 33.9. The maximum Gasteiger partial charge on any atom is 0.243 e. The van der Waals surface area contributed by atoms with E-state index in [-0.39, 0.29) is 48.8 Å². The van der Waals surface area contributed by atoms with E-state index in [9.17, 15) is 18.0 Å². The van der Waals surface area contributed by atoms with Crippen molar-refractivity contribution >= 4 is 39.1 Å². The molecule has 3 aromatic rings. The van der Waals surface area contributed by atoms with Crippen molar-refractivity contribution < 1.29 is 22.7 Å². The van der Waals surface area contributed by atoms with E-state index in [0.29, 0.717) is 17.9 Å². The molecule has 2 atom stereocenters. The Kier molecular flexibility index (Phi) is 12.5. The fraction of sp³-hybridized carbons (Fsp3) is 0.394. The Morgan fingerprint density at radius 1 is 1.02 bits per heavy atom. The first-order chi connectivity index (χ1) is 20.4. The maximum atomic E-state index is 14.0. The summed E-state index contributed by atoms with van der Waals surface area (Å²) in [5, 5.41) is 3.36. The number of methoxy groups -OCH3 is 1. The number of halogens is 1. The second-order valence-electron chi connectivity index (χ2n) is 10.7. The number of carbonyl (C=O) groups excluding carboxylic acids is 2. The summed E-state index contributed by atoms with van der Waals surface area (Å²) >= 11 is 6.27. The largest absolute Gasteiger partial charge is 0.495 e. The van der Waals surface area contributed by atoms with Gasteiger partial charge in [0, 0.05) is 32.0 Å². The van der Waals surface area contributed by atoms with Crippen molar-refractivity contribution in [2.75, 3.05) is 24.2 Å². The van der Waals surface area contributed by atoms with Gasteiger partial charge < -0.3 is 15.0 Å². The van der Waals surface area contributed by atoms with Crippen molar-refractivity contribution in [3.8, 4) is 5.75 Å². The molecule has 8 nitrogen and oxygen atoms in total. The van der Waals surface area contributed by atoms with Crippen LogP contribution in [0.5, 0.6) is 5.75 Å². The van der Waals surface area contributed by atoms with Gasteiger partial charge in [-0.2, -0.15) is 0 Å². The van der Waals surface area contributed by atoms with Crippen molar-refractivity contribution in [3.63, 3.8) is 0 Å². The lowest BCUT2D eigenvalue weighted by Crippen LogP contribution is -2.52. The van der Waals surface area contributed by atoms with E-state index in [4.69, 9.17) is 16.3 Å². The second kappa shape index (κ2) is 15.8. The predicted octanol–water partition coefficient (Wildman–Crippen LogP) is 5.76. The molecule has 0 heterocycles. The van der Waals surface area contributed by atoms with Gasteiger partial charge in [-0.05, 0) is 61.6 Å². The highest BCUT2D eigenvalue weighted by Gasteiger charge is 2.31.